The highest BCUT2D eigenvalue weighted by atomic mass is 16.5. The fourth-order valence-corrected chi connectivity index (χ4v) is 3.43. The zero-order chi connectivity index (χ0) is 11.1. The summed E-state index contributed by atoms with van der Waals surface area (Å²) in [7, 11) is 1.76. The Balaban J connectivity index is 1.87. The van der Waals surface area contributed by atoms with E-state index in [0.29, 0.717) is 0 Å². The monoisotopic (exact) mass is 211 g/mol. The van der Waals surface area contributed by atoms with Gasteiger partial charge < -0.3 is 10.5 Å². The summed E-state index contributed by atoms with van der Waals surface area (Å²) in [4.78, 5) is 0. The maximum absolute atomic E-state index is 6.25. The molecule has 15 heavy (non-hydrogen) atoms. The summed E-state index contributed by atoms with van der Waals surface area (Å²) < 4.78 is 5.46. The minimum atomic E-state index is -0.165. The summed E-state index contributed by atoms with van der Waals surface area (Å²) in [6.07, 6.45) is 6.99. The van der Waals surface area contributed by atoms with Gasteiger partial charge in [-0.05, 0) is 57.3 Å². The van der Waals surface area contributed by atoms with E-state index < -0.39 is 0 Å². The molecule has 0 amide bonds. The zero-order valence-corrected chi connectivity index (χ0v) is 10.3. The first-order valence-corrected chi connectivity index (χ1v) is 6.33. The Morgan fingerprint density at radius 1 is 1.33 bits per heavy atom. The fourth-order valence-electron chi connectivity index (χ4n) is 3.43. The summed E-state index contributed by atoms with van der Waals surface area (Å²) in [5.74, 6) is 2.89. The van der Waals surface area contributed by atoms with Crippen molar-refractivity contribution in [2.75, 3.05) is 7.11 Å². The molecule has 2 rings (SSSR count). The van der Waals surface area contributed by atoms with Gasteiger partial charge in [0.05, 0.1) is 5.60 Å². The van der Waals surface area contributed by atoms with Gasteiger partial charge in [0.1, 0.15) is 0 Å². The zero-order valence-electron chi connectivity index (χ0n) is 10.3. The Kier molecular flexibility index (Phi) is 3.09. The van der Waals surface area contributed by atoms with Crippen molar-refractivity contribution in [2.24, 2.45) is 23.5 Å². The molecular formula is C13H25NO. The van der Waals surface area contributed by atoms with E-state index >= 15 is 0 Å². The Bertz CT molecular complexity index is 227. The lowest BCUT2D eigenvalue weighted by Gasteiger charge is -2.34. The third-order valence-electron chi connectivity index (χ3n) is 4.86. The summed E-state index contributed by atoms with van der Waals surface area (Å²) in [6, 6.07) is 0.187. The van der Waals surface area contributed by atoms with Crippen LogP contribution in [0.25, 0.3) is 0 Å². The fraction of sp³-hybridized carbons (Fsp3) is 1.00. The van der Waals surface area contributed by atoms with E-state index in [9.17, 15) is 0 Å². The van der Waals surface area contributed by atoms with Crippen molar-refractivity contribution >= 4 is 0 Å². The van der Waals surface area contributed by atoms with Crippen molar-refractivity contribution in [3.05, 3.63) is 0 Å². The lowest BCUT2D eigenvalue weighted by molar-refractivity contribution is -0.00766. The van der Waals surface area contributed by atoms with Gasteiger partial charge in [0.2, 0.25) is 0 Å². The topological polar surface area (TPSA) is 35.2 Å². The van der Waals surface area contributed by atoms with Crippen molar-refractivity contribution in [3.63, 3.8) is 0 Å². The molecule has 0 radical (unpaired) electrons. The molecule has 2 N–H and O–H groups in total. The summed E-state index contributed by atoms with van der Waals surface area (Å²) in [6.45, 7) is 4.20. The molecule has 2 nitrogen and oxygen atoms in total. The second-order valence-corrected chi connectivity index (χ2v) is 6.08. The Morgan fingerprint density at radius 2 is 2.07 bits per heavy atom. The summed E-state index contributed by atoms with van der Waals surface area (Å²) >= 11 is 0. The van der Waals surface area contributed by atoms with Gasteiger partial charge in [-0.15, -0.1) is 0 Å². The summed E-state index contributed by atoms with van der Waals surface area (Å²) in [5, 5.41) is 0. The van der Waals surface area contributed by atoms with Crippen LogP contribution in [-0.2, 0) is 4.74 Å². The van der Waals surface area contributed by atoms with Crippen LogP contribution in [0.3, 0.4) is 0 Å². The Hall–Kier alpha value is -0.0800. The molecule has 0 aliphatic heterocycles. The minimum absolute atomic E-state index is 0.165. The average Bonchev–Trinajstić information content (AvgIpc) is 2.79. The van der Waals surface area contributed by atoms with Crippen molar-refractivity contribution in [1.82, 2.24) is 0 Å². The van der Waals surface area contributed by atoms with Gasteiger partial charge in [-0.25, -0.2) is 0 Å². The molecule has 88 valence electrons. The highest BCUT2D eigenvalue weighted by molar-refractivity contribution is 4.94. The molecule has 2 fully saturated rings. The van der Waals surface area contributed by atoms with E-state index in [1.165, 1.54) is 25.7 Å². The molecule has 0 heterocycles. The van der Waals surface area contributed by atoms with Crippen molar-refractivity contribution in [2.45, 2.75) is 57.6 Å². The number of fused-ring (bicyclic) bond motifs is 2. The van der Waals surface area contributed by atoms with Gasteiger partial charge in [-0.3, -0.25) is 0 Å². The third kappa shape index (κ3) is 2.21. The van der Waals surface area contributed by atoms with E-state index in [-0.39, 0.29) is 11.6 Å². The maximum Gasteiger partial charge on any atom is 0.0773 e. The van der Waals surface area contributed by atoms with Crippen LogP contribution in [0.1, 0.15) is 46.0 Å². The van der Waals surface area contributed by atoms with E-state index in [2.05, 4.69) is 13.8 Å². The average molecular weight is 211 g/mol. The van der Waals surface area contributed by atoms with Gasteiger partial charge in [-0.2, -0.15) is 0 Å². The molecule has 0 aromatic carbocycles. The number of nitrogens with two attached hydrogens (primary N) is 1. The SMILES string of the molecule is COC(C)(C)C(N)CC1CC2CCC1C2. The lowest BCUT2D eigenvalue weighted by Crippen LogP contribution is -2.46. The predicted molar refractivity (Wildman–Crippen MR) is 62.6 cm³/mol. The highest BCUT2D eigenvalue weighted by Gasteiger charge is 2.41. The molecule has 0 saturated heterocycles. The number of hydrogen-bond acceptors (Lipinski definition) is 2. The number of hydrogen-bond donors (Lipinski definition) is 1. The van der Waals surface area contributed by atoms with Gasteiger partial charge in [0.15, 0.2) is 0 Å². The van der Waals surface area contributed by atoms with E-state index in [0.717, 1.165) is 24.2 Å². The standard InChI is InChI=1S/C13H25NO/c1-13(2,15-3)12(14)8-11-7-9-4-5-10(11)6-9/h9-12H,4-8,14H2,1-3H3. The normalized spacial score (nSPS) is 37.2. The van der Waals surface area contributed by atoms with Crippen LogP contribution in [-0.4, -0.2) is 18.8 Å². The Labute approximate surface area is 93.6 Å². The molecule has 2 heteroatoms. The van der Waals surface area contributed by atoms with Gasteiger partial charge in [0, 0.05) is 13.2 Å². The molecule has 2 aliphatic carbocycles. The van der Waals surface area contributed by atoms with E-state index in [1.807, 2.05) is 0 Å². The smallest absolute Gasteiger partial charge is 0.0773 e. The van der Waals surface area contributed by atoms with E-state index in [1.54, 1.807) is 7.11 Å². The lowest BCUT2D eigenvalue weighted by atomic mass is 9.81. The number of methoxy groups -OCH3 is 1. The minimum Gasteiger partial charge on any atom is -0.377 e. The van der Waals surface area contributed by atoms with Crippen LogP contribution in [0.2, 0.25) is 0 Å². The molecule has 0 aromatic rings. The second-order valence-electron chi connectivity index (χ2n) is 6.08. The first kappa shape index (κ1) is 11.4. The van der Waals surface area contributed by atoms with Crippen LogP contribution in [0.4, 0.5) is 0 Å². The molecular weight excluding hydrogens is 186 g/mol. The van der Waals surface area contributed by atoms with Gasteiger partial charge in [-0.1, -0.05) is 6.42 Å². The van der Waals surface area contributed by atoms with Gasteiger partial charge in [0.25, 0.3) is 0 Å². The largest absolute Gasteiger partial charge is 0.377 e. The molecule has 2 aliphatic rings. The predicted octanol–water partition coefficient (Wildman–Crippen LogP) is 2.57. The van der Waals surface area contributed by atoms with Crippen LogP contribution in [0.5, 0.6) is 0 Å². The molecule has 2 bridgehead atoms. The highest BCUT2D eigenvalue weighted by Crippen LogP contribution is 2.50. The molecule has 4 unspecified atom stereocenters. The molecule has 0 spiro atoms. The number of ether oxygens (including phenoxy) is 1. The second kappa shape index (κ2) is 4.06. The summed E-state index contributed by atoms with van der Waals surface area (Å²) in [5.41, 5.74) is 6.08. The number of rotatable bonds is 4. The Morgan fingerprint density at radius 3 is 2.53 bits per heavy atom. The van der Waals surface area contributed by atoms with Crippen molar-refractivity contribution in [1.29, 1.82) is 0 Å². The van der Waals surface area contributed by atoms with Crippen LogP contribution < -0.4 is 5.73 Å². The molecule has 4 atom stereocenters. The van der Waals surface area contributed by atoms with Crippen LogP contribution in [0.15, 0.2) is 0 Å². The molecule has 0 aromatic heterocycles. The van der Waals surface area contributed by atoms with Gasteiger partial charge >= 0.3 is 0 Å². The van der Waals surface area contributed by atoms with Crippen LogP contribution >= 0.6 is 0 Å². The first-order valence-electron chi connectivity index (χ1n) is 6.33. The van der Waals surface area contributed by atoms with Crippen LogP contribution in [0, 0.1) is 17.8 Å². The van der Waals surface area contributed by atoms with E-state index in [4.69, 9.17) is 10.5 Å². The van der Waals surface area contributed by atoms with Crippen molar-refractivity contribution in [3.8, 4) is 0 Å². The maximum atomic E-state index is 6.25. The third-order valence-corrected chi connectivity index (χ3v) is 4.86. The quantitative estimate of drug-likeness (QED) is 0.775. The van der Waals surface area contributed by atoms with Crippen molar-refractivity contribution < 1.29 is 4.74 Å². The molecule has 2 saturated carbocycles. The first-order chi connectivity index (χ1) is 7.03.